The molecule has 0 saturated heterocycles. The van der Waals surface area contributed by atoms with E-state index < -0.39 is 17.8 Å². The quantitative estimate of drug-likeness (QED) is 0.258. The number of carbonyl (C=O) groups is 1. The molecule has 38 heavy (non-hydrogen) atoms. The van der Waals surface area contributed by atoms with Gasteiger partial charge in [-0.3, -0.25) is 10.2 Å². The van der Waals surface area contributed by atoms with E-state index in [1.165, 1.54) is 7.11 Å². The van der Waals surface area contributed by atoms with Crippen LogP contribution in [0.3, 0.4) is 0 Å². The molecule has 0 radical (unpaired) electrons. The number of hydrazone groups is 1. The molecule has 1 aliphatic heterocycles. The number of methoxy groups -OCH3 is 4. The van der Waals surface area contributed by atoms with E-state index >= 15 is 0 Å². The van der Waals surface area contributed by atoms with Crippen molar-refractivity contribution < 1.29 is 33.2 Å². The van der Waals surface area contributed by atoms with Crippen molar-refractivity contribution in [2.75, 3.05) is 40.7 Å². The zero-order valence-corrected chi connectivity index (χ0v) is 21.5. The van der Waals surface area contributed by atoms with Crippen LogP contribution in [0.15, 0.2) is 65.3 Å². The van der Waals surface area contributed by atoms with Gasteiger partial charge in [-0.25, -0.2) is 0 Å². The number of carbonyl (C=O) groups excluding carboxylic acids is 1. The highest BCUT2D eigenvalue weighted by atomic mass is 16.7. The molecule has 0 fully saturated rings. The van der Waals surface area contributed by atoms with Crippen molar-refractivity contribution in [3.63, 3.8) is 0 Å². The Morgan fingerprint density at radius 1 is 0.947 bits per heavy atom. The Morgan fingerprint density at radius 2 is 1.63 bits per heavy atom. The van der Waals surface area contributed by atoms with Gasteiger partial charge >= 0.3 is 5.97 Å². The number of benzene rings is 3. The molecule has 2 aliphatic rings. The van der Waals surface area contributed by atoms with Crippen molar-refractivity contribution >= 4 is 23.9 Å². The SMILES string of the molecule is COC(=O)[C@@H]1C(/C=N/Nc2ccccc2)=Cc2cc3c(cc2[C@H]1c1cc(OC)c(OC)c(OC)c1)OCO3. The number of esters is 1. The van der Waals surface area contributed by atoms with Crippen LogP contribution in [0.2, 0.25) is 0 Å². The molecule has 5 rings (SSSR count). The van der Waals surface area contributed by atoms with Crippen molar-refractivity contribution in [2.24, 2.45) is 11.0 Å². The number of ether oxygens (including phenoxy) is 6. The fraction of sp³-hybridized carbons (Fsp3) is 0.241. The van der Waals surface area contributed by atoms with E-state index in [1.54, 1.807) is 27.5 Å². The first-order valence-electron chi connectivity index (χ1n) is 11.9. The fourth-order valence-corrected chi connectivity index (χ4v) is 4.87. The molecule has 0 unspecified atom stereocenters. The van der Waals surface area contributed by atoms with E-state index in [0.717, 1.165) is 22.4 Å². The lowest BCUT2D eigenvalue weighted by molar-refractivity contribution is -0.144. The van der Waals surface area contributed by atoms with Crippen LogP contribution in [0.25, 0.3) is 6.08 Å². The lowest BCUT2D eigenvalue weighted by atomic mass is 9.71. The van der Waals surface area contributed by atoms with Gasteiger partial charge in [0, 0.05) is 5.92 Å². The van der Waals surface area contributed by atoms with Crippen LogP contribution in [-0.4, -0.2) is 47.4 Å². The maximum atomic E-state index is 13.4. The van der Waals surface area contributed by atoms with Gasteiger partial charge in [0.2, 0.25) is 12.5 Å². The smallest absolute Gasteiger partial charge is 0.314 e. The van der Waals surface area contributed by atoms with Crippen LogP contribution in [-0.2, 0) is 9.53 Å². The topological polar surface area (TPSA) is 96.8 Å². The Hall–Kier alpha value is -4.66. The summed E-state index contributed by atoms with van der Waals surface area (Å²) in [6.07, 6.45) is 3.57. The van der Waals surface area contributed by atoms with Gasteiger partial charge in [-0.15, -0.1) is 0 Å². The molecule has 9 nitrogen and oxygen atoms in total. The van der Waals surface area contributed by atoms with Gasteiger partial charge in [-0.05, 0) is 64.7 Å². The first kappa shape index (κ1) is 25.0. The summed E-state index contributed by atoms with van der Waals surface area (Å²) >= 11 is 0. The van der Waals surface area contributed by atoms with Gasteiger partial charge in [0.15, 0.2) is 23.0 Å². The lowest BCUT2D eigenvalue weighted by Gasteiger charge is -2.32. The minimum atomic E-state index is -0.725. The van der Waals surface area contributed by atoms with Crippen molar-refractivity contribution in [3.8, 4) is 28.7 Å². The van der Waals surface area contributed by atoms with Crippen LogP contribution < -0.4 is 29.1 Å². The second-order valence-electron chi connectivity index (χ2n) is 8.65. The van der Waals surface area contributed by atoms with Gasteiger partial charge in [0.25, 0.3) is 0 Å². The number of nitrogens with zero attached hydrogens (tertiary/aromatic N) is 1. The molecule has 1 N–H and O–H groups in total. The lowest BCUT2D eigenvalue weighted by Crippen LogP contribution is -2.30. The second-order valence-corrected chi connectivity index (χ2v) is 8.65. The normalized spacial score (nSPS) is 17.4. The summed E-state index contributed by atoms with van der Waals surface area (Å²) in [4.78, 5) is 13.4. The Balaban J connectivity index is 1.68. The number of nitrogens with one attached hydrogen (secondary N) is 1. The zero-order valence-electron chi connectivity index (χ0n) is 21.5. The molecule has 0 aromatic heterocycles. The summed E-state index contributed by atoms with van der Waals surface area (Å²) in [6.45, 7) is 0.131. The maximum Gasteiger partial charge on any atom is 0.314 e. The standard InChI is InChI=1S/C29H28N2O7/c1-33-24-12-18(13-25(34-2)28(24)35-3)26-21-14-23-22(37-16-38-23)11-17(21)10-19(27(26)29(32)36-4)15-30-31-20-8-6-5-7-9-20/h5-15,26-27,31H,16H2,1-4H3/b30-15+/t26-,27-/m1/s1. The Labute approximate surface area is 220 Å². The summed E-state index contributed by atoms with van der Waals surface area (Å²) in [6, 6.07) is 17.1. The number of rotatable bonds is 8. The van der Waals surface area contributed by atoms with Crippen LogP contribution in [0.1, 0.15) is 22.6 Å². The van der Waals surface area contributed by atoms with Crippen molar-refractivity contribution in [1.82, 2.24) is 0 Å². The highest BCUT2D eigenvalue weighted by molar-refractivity contribution is 5.97. The third kappa shape index (κ3) is 4.58. The molecule has 1 heterocycles. The summed E-state index contributed by atoms with van der Waals surface area (Å²) in [7, 11) is 6.03. The molecule has 0 amide bonds. The first-order chi connectivity index (χ1) is 18.6. The molecule has 9 heteroatoms. The number of fused-ring (bicyclic) bond motifs is 2. The van der Waals surface area contributed by atoms with Crippen molar-refractivity contribution in [2.45, 2.75) is 5.92 Å². The van der Waals surface area contributed by atoms with E-state index in [1.807, 2.05) is 60.7 Å². The van der Waals surface area contributed by atoms with Crippen molar-refractivity contribution in [3.05, 3.63) is 76.9 Å². The Morgan fingerprint density at radius 3 is 2.26 bits per heavy atom. The summed E-state index contributed by atoms with van der Waals surface area (Å²) in [5, 5.41) is 4.42. The highest BCUT2D eigenvalue weighted by Crippen LogP contribution is 2.50. The fourth-order valence-electron chi connectivity index (χ4n) is 4.87. The predicted octanol–water partition coefficient (Wildman–Crippen LogP) is 4.86. The van der Waals surface area contributed by atoms with Crippen LogP contribution in [0.4, 0.5) is 5.69 Å². The largest absolute Gasteiger partial charge is 0.493 e. The second kappa shape index (κ2) is 10.8. The molecule has 196 valence electrons. The molecule has 2 atom stereocenters. The molecule has 3 aromatic rings. The minimum Gasteiger partial charge on any atom is -0.493 e. The molecule has 0 saturated carbocycles. The van der Waals surface area contributed by atoms with E-state index in [-0.39, 0.29) is 6.79 Å². The maximum absolute atomic E-state index is 13.4. The number of hydrogen-bond acceptors (Lipinski definition) is 9. The van der Waals surface area contributed by atoms with Crippen LogP contribution in [0.5, 0.6) is 28.7 Å². The van der Waals surface area contributed by atoms with Gasteiger partial charge in [-0.1, -0.05) is 18.2 Å². The van der Waals surface area contributed by atoms with E-state index in [0.29, 0.717) is 34.3 Å². The van der Waals surface area contributed by atoms with Crippen molar-refractivity contribution in [1.29, 1.82) is 0 Å². The van der Waals surface area contributed by atoms with Gasteiger partial charge in [0.1, 0.15) is 0 Å². The zero-order chi connectivity index (χ0) is 26.6. The molecule has 1 aliphatic carbocycles. The Kier molecular flexibility index (Phi) is 7.08. The highest BCUT2D eigenvalue weighted by Gasteiger charge is 2.40. The Bertz CT molecular complexity index is 1380. The average Bonchev–Trinajstić information content (AvgIpc) is 3.42. The molecule has 0 spiro atoms. The number of para-hydroxylation sites is 1. The molecule has 0 bridgehead atoms. The first-order valence-corrected chi connectivity index (χ1v) is 11.9. The minimum absolute atomic E-state index is 0.131. The van der Waals surface area contributed by atoms with Gasteiger partial charge < -0.3 is 28.4 Å². The van der Waals surface area contributed by atoms with E-state index in [2.05, 4.69) is 10.5 Å². The predicted molar refractivity (Wildman–Crippen MR) is 143 cm³/mol. The van der Waals surface area contributed by atoms with E-state index in [4.69, 9.17) is 28.4 Å². The number of hydrogen-bond donors (Lipinski definition) is 1. The van der Waals surface area contributed by atoms with Crippen LogP contribution >= 0.6 is 0 Å². The van der Waals surface area contributed by atoms with Crippen LogP contribution in [0, 0.1) is 5.92 Å². The third-order valence-electron chi connectivity index (χ3n) is 6.61. The monoisotopic (exact) mass is 516 g/mol. The van der Waals surface area contributed by atoms with E-state index in [9.17, 15) is 4.79 Å². The van der Waals surface area contributed by atoms with Gasteiger partial charge in [-0.2, -0.15) is 5.10 Å². The average molecular weight is 517 g/mol. The molecular weight excluding hydrogens is 488 g/mol. The number of anilines is 1. The van der Waals surface area contributed by atoms with Gasteiger partial charge in [0.05, 0.1) is 46.3 Å². The third-order valence-corrected chi connectivity index (χ3v) is 6.61. The summed E-state index contributed by atoms with van der Waals surface area (Å²) < 4.78 is 33.4. The molecular formula is C29H28N2O7. The summed E-state index contributed by atoms with van der Waals surface area (Å²) in [5.74, 6) is 1.04. The summed E-state index contributed by atoms with van der Waals surface area (Å²) in [5.41, 5.74) is 7.00. The molecule has 3 aromatic carbocycles.